The zero-order chi connectivity index (χ0) is 18.1. The molecule has 2 aromatic carbocycles. The molecule has 0 saturated heterocycles. The Labute approximate surface area is 147 Å². The monoisotopic (exact) mass is 339 g/mol. The van der Waals surface area contributed by atoms with E-state index in [-0.39, 0.29) is 11.9 Å². The number of nitrogens with one attached hydrogen (secondary N) is 1. The van der Waals surface area contributed by atoms with Gasteiger partial charge in [0.1, 0.15) is 5.75 Å². The zero-order valence-corrected chi connectivity index (χ0v) is 14.3. The molecule has 5 heteroatoms. The molecule has 0 heterocycles. The van der Waals surface area contributed by atoms with Gasteiger partial charge in [0, 0.05) is 17.3 Å². The molecule has 0 bridgehead atoms. The van der Waals surface area contributed by atoms with Crippen LogP contribution in [0.5, 0.6) is 5.75 Å². The normalized spacial score (nSPS) is 10.5. The van der Waals surface area contributed by atoms with Gasteiger partial charge < -0.3 is 14.8 Å². The second kappa shape index (κ2) is 9.27. The van der Waals surface area contributed by atoms with Gasteiger partial charge in [-0.2, -0.15) is 0 Å². The Bertz CT molecular complexity index is 751. The van der Waals surface area contributed by atoms with Gasteiger partial charge in [0.05, 0.1) is 19.3 Å². The molecule has 0 radical (unpaired) electrons. The number of rotatable bonds is 7. The van der Waals surface area contributed by atoms with Gasteiger partial charge in [0.2, 0.25) is 5.91 Å². The van der Waals surface area contributed by atoms with Crippen LogP contribution in [0.15, 0.2) is 54.6 Å². The third-order valence-corrected chi connectivity index (χ3v) is 3.38. The van der Waals surface area contributed by atoms with E-state index in [1.54, 1.807) is 37.5 Å². The number of ether oxygens (including phenoxy) is 2. The number of carbonyl (C=O) groups is 2. The summed E-state index contributed by atoms with van der Waals surface area (Å²) in [6, 6.07) is 14.0. The Morgan fingerprint density at radius 2 is 1.80 bits per heavy atom. The van der Waals surface area contributed by atoms with Gasteiger partial charge in [-0.25, -0.2) is 4.79 Å². The molecule has 0 aliphatic heterocycles. The molecular weight excluding hydrogens is 318 g/mol. The van der Waals surface area contributed by atoms with E-state index in [1.165, 1.54) is 6.08 Å². The fourth-order valence-electron chi connectivity index (χ4n) is 2.12. The van der Waals surface area contributed by atoms with Crippen LogP contribution in [0.3, 0.4) is 0 Å². The van der Waals surface area contributed by atoms with Crippen LogP contribution in [0.25, 0.3) is 6.08 Å². The summed E-state index contributed by atoms with van der Waals surface area (Å²) in [5, 5.41) is 2.74. The first-order valence-electron chi connectivity index (χ1n) is 8.03. The summed E-state index contributed by atoms with van der Waals surface area (Å²) >= 11 is 0. The highest BCUT2D eigenvalue weighted by atomic mass is 16.5. The van der Waals surface area contributed by atoms with E-state index >= 15 is 0 Å². The van der Waals surface area contributed by atoms with Gasteiger partial charge in [-0.15, -0.1) is 0 Å². The van der Waals surface area contributed by atoms with Crippen molar-refractivity contribution < 1.29 is 19.1 Å². The van der Waals surface area contributed by atoms with Crippen LogP contribution in [0.4, 0.5) is 5.69 Å². The molecule has 0 aliphatic carbocycles. The van der Waals surface area contributed by atoms with Gasteiger partial charge >= 0.3 is 5.97 Å². The van der Waals surface area contributed by atoms with Crippen molar-refractivity contribution in [3.63, 3.8) is 0 Å². The second-order valence-electron chi connectivity index (χ2n) is 5.28. The predicted molar refractivity (Wildman–Crippen MR) is 97.7 cm³/mol. The SMILES string of the molecule is CCCOC(=O)c1ccc(NC(=O)C=Cc2ccccc2OC)cc1. The summed E-state index contributed by atoms with van der Waals surface area (Å²) in [6.45, 7) is 2.33. The Kier molecular flexibility index (Phi) is 6.77. The van der Waals surface area contributed by atoms with Gasteiger partial charge in [-0.05, 0) is 42.8 Å². The molecule has 0 unspecified atom stereocenters. The molecule has 1 N–H and O–H groups in total. The van der Waals surface area contributed by atoms with Crippen molar-refractivity contribution in [2.24, 2.45) is 0 Å². The van der Waals surface area contributed by atoms with E-state index in [1.807, 2.05) is 31.2 Å². The van der Waals surface area contributed by atoms with Crippen LogP contribution < -0.4 is 10.1 Å². The Hall–Kier alpha value is -3.08. The topological polar surface area (TPSA) is 64.6 Å². The number of amides is 1. The molecule has 5 nitrogen and oxygen atoms in total. The molecule has 2 rings (SSSR count). The first-order chi connectivity index (χ1) is 12.1. The quantitative estimate of drug-likeness (QED) is 0.613. The van der Waals surface area contributed by atoms with Crippen molar-refractivity contribution in [3.8, 4) is 5.75 Å². The Morgan fingerprint density at radius 1 is 1.08 bits per heavy atom. The Morgan fingerprint density at radius 3 is 2.48 bits per heavy atom. The first kappa shape index (κ1) is 18.3. The summed E-state index contributed by atoms with van der Waals surface area (Å²) < 4.78 is 10.3. The highest BCUT2D eigenvalue weighted by Gasteiger charge is 2.07. The molecule has 2 aromatic rings. The van der Waals surface area contributed by atoms with Crippen molar-refractivity contribution in [1.29, 1.82) is 0 Å². The van der Waals surface area contributed by atoms with Gasteiger partial charge in [-0.1, -0.05) is 25.1 Å². The molecule has 0 aromatic heterocycles. The van der Waals surface area contributed by atoms with E-state index in [2.05, 4.69) is 5.32 Å². The number of para-hydroxylation sites is 1. The predicted octanol–water partition coefficient (Wildman–Crippen LogP) is 3.91. The van der Waals surface area contributed by atoms with Crippen molar-refractivity contribution >= 4 is 23.6 Å². The maximum Gasteiger partial charge on any atom is 0.338 e. The third kappa shape index (κ3) is 5.49. The van der Waals surface area contributed by atoms with Crippen LogP contribution >= 0.6 is 0 Å². The average Bonchev–Trinajstić information content (AvgIpc) is 2.65. The highest BCUT2D eigenvalue weighted by Crippen LogP contribution is 2.18. The highest BCUT2D eigenvalue weighted by molar-refractivity contribution is 6.02. The van der Waals surface area contributed by atoms with Crippen LogP contribution in [0.2, 0.25) is 0 Å². The number of hydrogen-bond acceptors (Lipinski definition) is 4. The summed E-state index contributed by atoms with van der Waals surface area (Å²) in [4.78, 5) is 23.7. The van der Waals surface area contributed by atoms with Crippen molar-refractivity contribution in [3.05, 3.63) is 65.7 Å². The van der Waals surface area contributed by atoms with E-state index in [0.29, 0.717) is 23.6 Å². The lowest BCUT2D eigenvalue weighted by molar-refractivity contribution is -0.111. The van der Waals surface area contributed by atoms with E-state index in [9.17, 15) is 9.59 Å². The number of benzene rings is 2. The molecular formula is C20H21NO4. The van der Waals surface area contributed by atoms with Crippen LogP contribution in [0, 0.1) is 0 Å². The Balaban J connectivity index is 1.96. The molecule has 0 atom stereocenters. The molecule has 0 aliphatic rings. The van der Waals surface area contributed by atoms with Crippen LogP contribution in [0.1, 0.15) is 29.3 Å². The summed E-state index contributed by atoms with van der Waals surface area (Å²) in [5.74, 6) is 0.0597. The summed E-state index contributed by atoms with van der Waals surface area (Å²) in [5.41, 5.74) is 1.87. The van der Waals surface area contributed by atoms with Crippen LogP contribution in [-0.4, -0.2) is 25.6 Å². The molecule has 0 spiro atoms. The smallest absolute Gasteiger partial charge is 0.338 e. The lowest BCUT2D eigenvalue weighted by Gasteiger charge is -2.06. The maximum absolute atomic E-state index is 12.0. The maximum atomic E-state index is 12.0. The van der Waals surface area contributed by atoms with Crippen molar-refractivity contribution in [2.45, 2.75) is 13.3 Å². The number of carbonyl (C=O) groups excluding carboxylic acids is 2. The van der Waals surface area contributed by atoms with Gasteiger partial charge in [-0.3, -0.25) is 4.79 Å². The fraction of sp³-hybridized carbons (Fsp3) is 0.200. The number of anilines is 1. The van der Waals surface area contributed by atoms with E-state index in [4.69, 9.17) is 9.47 Å². The number of esters is 1. The minimum absolute atomic E-state index is 0.271. The van der Waals surface area contributed by atoms with Crippen molar-refractivity contribution in [1.82, 2.24) is 0 Å². The standard InChI is InChI=1S/C20H21NO4/c1-3-14-25-20(23)16-8-11-17(12-9-16)21-19(22)13-10-15-6-4-5-7-18(15)24-2/h4-13H,3,14H2,1-2H3,(H,21,22). The minimum Gasteiger partial charge on any atom is -0.496 e. The fourth-order valence-corrected chi connectivity index (χ4v) is 2.12. The largest absolute Gasteiger partial charge is 0.496 e. The third-order valence-electron chi connectivity index (χ3n) is 3.38. The molecule has 130 valence electrons. The first-order valence-corrected chi connectivity index (χ1v) is 8.03. The number of hydrogen-bond donors (Lipinski definition) is 1. The average molecular weight is 339 g/mol. The minimum atomic E-state index is -0.365. The summed E-state index contributed by atoms with van der Waals surface area (Å²) in [6.07, 6.45) is 3.89. The van der Waals surface area contributed by atoms with Crippen molar-refractivity contribution in [2.75, 3.05) is 19.0 Å². The molecule has 0 saturated carbocycles. The summed E-state index contributed by atoms with van der Waals surface area (Å²) in [7, 11) is 1.58. The van der Waals surface area contributed by atoms with E-state index in [0.717, 1.165) is 12.0 Å². The molecule has 1 amide bonds. The van der Waals surface area contributed by atoms with Gasteiger partial charge in [0.25, 0.3) is 0 Å². The lowest BCUT2D eigenvalue weighted by atomic mass is 10.2. The van der Waals surface area contributed by atoms with Gasteiger partial charge in [0.15, 0.2) is 0 Å². The zero-order valence-electron chi connectivity index (χ0n) is 14.3. The number of methoxy groups -OCH3 is 1. The van der Waals surface area contributed by atoms with Crippen LogP contribution in [-0.2, 0) is 9.53 Å². The molecule has 0 fully saturated rings. The van der Waals surface area contributed by atoms with E-state index < -0.39 is 0 Å². The lowest BCUT2D eigenvalue weighted by Crippen LogP contribution is -2.09. The second-order valence-corrected chi connectivity index (χ2v) is 5.28. The molecule has 25 heavy (non-hydrogen) atoms.